The fraction of sp³-hybridized carbons (Fsp3) is 0.182. The fourth-order valence-corrected chi connectivity index (χ4v) is 3.64. The molecule has 0 fully saturated rings. The first-order valence-corrected chi connectivity index (χ1v) is 9.91. The van der Waals surface area contributed by atoms with Crippen molar-refractivity contribution in [3.05, 3.63) is 63.3 Å². The number of hydrogen-bond acceptors (Lipinski definition) is 4. The summed E-state index contributed by atoms with van der Waals surface area (Å²) in [6.07, 6.45) is 2.86. The van der Waals surface area contributed by atoms with Crippen LogP contribution in [-0.2, 0) is 9.53 Å². The van der Waals surface area contributed by atoms with Gasteiger partial charge in [-0.3, -0.25) is 4.79 Å². The number of amides is 1. The van der Waals surface area contributed by atoms with E-state index in [1.807, 2.05) is 13.0 Å². The molecule has 156 valence electrons. The van der Waals surface area contributed by atoms with Gasteiger partial charge in [0.15, 0.2) is 0 Å². The SMILES string of the molecule is CCOC(=O)c1[nH]c2cc(Cl)cc(Cl)c2c1C=CC(=O)Nc1ccc(OC)cc1C. The number of carbonyl (C=O) groups excluding carboxylic acids is 2. The highest BCUT2D eigenvalue weighted by Crippen LogP contribution is 2.33. The second-order valence-electron chi connectivity index (χ2n) is 6.45. The van der Waals surface area contributed by atoms with Gasteiger partial charge in [0, 0.05) is 33.3 Å². The van der Waals surface area contributed by atoms with Gasteiger partial charge >= 0.3 is 5.97 Å². The third kappa shape index (κ3) is 4.61. The Morgan fingerprint density at radius 2 is 1.97 bits per heavy atom. The van der Waals surface area contributed by atoms with Gasteiger partial charge in [0.25, 0.3) is 0 Å². The Morgan fingerprint density at radius 3 is 2.63 bits per heavy atom. The number of anilines is 1. The zero-order valence-corrected chi connectivity index (χ0v) is 18.1. The van der Waals surface area contributed by atoms with Crippen LogP contribution in [0.3, 0.4) is 0 Å². The quantitative estimate of drug-likeness (QED) is 0.380. The molecule has 0 aliphatic rings. The molecule has 1 heterocycles. The van der Waals surface area contributed by atoms with E-state index in [0.29, 0.717) is 37.9 Å². The molecule has 2 N–H and O–H groups in total. The molecule has 8 heteroatoms. The van der Waals surface area contributed by atoms with Crippen molar-refractivity contribution < 1.29 is 19.1 Å². The molecule has 0 spiro atoms. The maximum Gasteiger partial charge on any atom is 0.355 e. The van der Waals surface area contributed by atoms with Crippen LogP contribution >= 0.6 is 23.2 Å². The molecular weight excluding hydrogens is 427 g/mol. The van der Waals surface area contributed by atoms with Gasteiger partial charge in [-0.05, 0) is 55.8 Å². The summed E-state index contributed by atoms with van der Waals surface area (Å²) in [6.45, 7) is 3.79. The molecule has 0 unspecified atom stereocenters. The first-order chi connectivity index (χ1) is 14.3. The summed E-state index contributed by atoms with van der Waals surface area (Å²) in [7, 11) is 1.58. The highest BCUT2D eigenvalue weighted by Gasteiger charge is 2.20. The molecule has 0 saturated heterocycles. The highest BCUT2D eigenvalue weighted by atomic mass is 35.5. The number of rotatable bonds is 6. The van der Waals surface area contributed by atoms with E-state index in [4.69, 9.17) is 32.7 Å². The van der Waals surface area contributed by atoms with Crippen LogP contribution in [0, 0.1) is 6.92 Å². The molecule has 1 amide bonds. The van der Waals surface area contributed by atoms with E-state index in [2.05, 4.69) is 10.3 Å². The van der Waals surface area contributed by atoms with Gasteiger partial charge in [-0.25, -0.2) is 4.79 Å². The number of benzene rings is 2. The third-order valence-corrected chi connectivity index (χ3v) is 4.94. The van der Waals surface area contributed by atoms with Crippen molar-refractivity contribution in [2.24, 2.45) is 0 Å². The largest absolute Gasteiger partial charge is 0.497 e. The van der Waals surface area contributed by atoms with Gasteiger partial charge in [0.2, 0.25) is 5.91 Å². The number of H-pyrrole nitrogens is 1. The lowest BCUT2D eigenvalue weighted by molar-refractivity contribution is -0.111. The van der Waals surface area contributed by atoms with Gasteiger partial charge in [0.1, 0.15) is 11.4 Å². The van der Waals surface area contributed by atoms with Crippen molar-refractivity contribution in [2.75, 3.05) is 19.0 Å². The Hall–Kier alpha value is -2.96. The lowest BCUT2D eigenvalue weighted by Gasteiger charge is -2.08. The minimum absolute atomic E-state index is 0.195. The number of fused-ring (bicyclic) bond motifs is 1. The van der Waals surface area contributed by atoms with Gasteiger partial charge < -0.3 is 19.8 Å². The van der Waals surface area contributed by atoms with Gasteiger partial charge in [-0.1, -0.05) is 23.2 Å². The molecule has 6 nitrogen and oxygen atoms in total. The zero-order chi connectivity index (χ0) is 21.8. The summed E-state index contributed by atoms with van der Waals surface area (Å²) in [6, 6.07) is 8.57. The van der Waals surface area contributed by atoms with Crippen molar-refractivity contribution in [1.82, 2.24) is 4.98 Å². The van der Waals surface area contributed by atoms with Crippen LogP contribution in [0.25, 0.3) is 17.0 Å². The summed E-state index contributed by atoms with van der Waals surface area (Å²) < 4.78 is 10.3. The van der Waals surface area contributed by atoms with Crippen LogP contribution in [0.5, 0.6) is 5.75 Å². The van der Waals surface area contributed by atoms with E-state index in [-0.39, 0.29) is 18.2 Å². The monoisotopic (exact) mass is 446 g/mol. The van der Waals surface area contributed by atoms with Gasteiger partial charge in [-0.15, -0.1) is 0 Å². The van der Waals surface area contributed by atoms with E-state index >= 15 is 0 Å². The first kappa shape index (κ1) is 21.7. The smallest absolute Gasteiger partial charge is 0.355 e. The number of esters is 1. The molecule has 0 bridgehead atoms. The lowest BCUT2D eigenvalue weighted by Crippen LogP contribution is -2.09. The van der Waals surface area contributed by atoms with E-state index in [1.165, 1.54) is 12.2 Å². The Bertz CT molecular complexity index is 1150. The van der Waals surface area contributed by atoms with Crippen LogP contribution in [0.4, 0.5) is 5.69 Å². The summed E-state index contributed by atoms with van der Waals surface area (Å²) in [5.74, 6) is -0.211. The van der Waals surface area contributed by atoms with E-state index in [0.717, 1.165) is 5.56 Å². The molecule has 0 radical (unpaired) electrons. The maximum atomic E-state index is 12.5. The zero-order valence-electron chi connectivity index (χ0n) is 16.6. The van der Waals surface area contributed by atoms with E-state index in [1.54, 1.807) is 38.3 Å². The summed E-state index contributed by atoms with van der Waals surface area (Å²) in [4.78, 5) is 27.9. The van der Waals surface area contributed by atoms with E-state index < -0.39 is 5.97 Å². The Morgan fingerprint density at radius 1 is 1.20 bits per heavy atom. The molecule has 1 aromatic heterocycles. The Kier molecular flexibility index (Phi) is 6.70. The second-order valence-corrected chi connectivity index (χ2v) is 7.29. The topological polar surface area (TPSA) is 80.4 Å². The molecule has 3 rings (SSSR count). The number of nitrogens with one attached hydrogen (secondary N) is 2. The van der Waals surface area contributed by atoms with Crippen molar-refractivity contribution in [1.29, 1.82) is 0 Å². The minimum Gasteiger partial charge on any atom is -0.497 e. The average molecular weight is 447 g/mol. The van der Waals surface area contributed by atoms with Crippen LogP contribution in [-0.4, -0.2) is 30.6 Å². The molecular formula is C22H20Cl2N2O4. The number of carbonyl (C=O) groups is 2. The molecule has 30 heavy (non-hydrogen) atoms. The number of ether oxygens (including phenoxy) is 2. The molecule has 0 atom stereocenters. The Balaban J connectivity index is 1.95. The third-order valence-electron chi connectivity index (χ3n) is 4.43. The van der Waals surface area contributed by atoms with Crippen LogP contribution in [0.2, 0.25) is 10.0 Å². The predicted molar refractivity (Wildman–Crippen MR) is 120 cm³/mol. The summed E-state index contributed by atoms with van der Waals surface area (Å²) in [5.41, 5.74) is 2.72. The number of aromatic amines is 1. The fourth-order valence-electron chi connectivity index (χ4n) is 3.04. The number of methoxy groups -OCH3 is 1. The predicted octanol–water partition coefficient (Wildman–Crippen LogP) is 5.62. The van der Waals surface area contributed by atoms with Crippen molar-refractivity contribution in [3.63, 3.8) is 0 Å². The van der Waals surface area contributed by atoms with Crippen molar-refractivity contribution >= 4 is 57.7 Å². The molecule has 0 aliphatic heterocycles. The highest BCUT2D eigenvalue weighted by molar-refractivity contribution is 6.39. The average Bonchev–Trinajstić information content (AvgIpc) is 3.06. The minimum atomic E-state index is -0.549. The van der Waals surface area contributed by atoms with Crippen LogP contribution < -0.4 is 10.1 Å². The van der Waals surface area contributed by atoms with Crippen LogP contribution in [0.1, 0.15) is 28.5 Å². The standard InChI is InChI=1S/C22H20Cl2N2O4/c1-4-30-22(28)21-15(20-16(24)10-13(23)11-18(20)26-21)6-8-19(27)25-17-7-5-14(29-3)9-12(17)2/h5-11,26H,4H2,1-3H3,(H,25,27). The molecule has 2 aromatic carbocycles. The lowest BCUT2D eigenvalue weighted by atomic mass is 10.1. The normalized spacial score (nSPS) is 11.1. The second kappa shape index (κ2) is 9.24. The van der Waals surface area contributed by atoms with Crippen LogP contribution in [0.15, 0.2) is 36.4 Å². The number of aryl methyl sites for hydroxylation is 1. The summed E-state index contributed by atoms with van der Waals surface area (Å²) in [5, 5.41) is 4.17. The number of aromatic nitrogens is 1. The molecule has 0 aliphatic carbocycles. The molecule has 3 aromatic rings. The van der Waals surface area contributed by atoms with Crippen molar-refractivity contribution in [2.45, 2.75) is 13.8 Å². The summed E-state index contributed by atoms with van der Waals surface area (Å²) >= 11 is 12.4. The maximum absolute atomic E-state index is 12.5. The first-order valence-electron chi connectivity index (χ1n) is 9.15. The number of halogens is 2. The molecule has 0 saturated carbocycles. The van der Waals surface area contributed by atoms with Crippen molar-refractivity contribution in [3.8, 4) is 5.75 Å². The van der Waals surface area contributed by atoms with E-state index in [9.17, 15) is 9.59 Å². The van der Waals surface area contributed by atoms with Gasteiger partial charge in [-0.2, -0.15) is 0 Å². The number of hydrogen-bond donors (Lipinski definition) is 2. The van der Waals surface area contributed by atoms with Gasteiger partial charge in [0.05, 0.1) is 18.7 Å². The Labute approximate surface area is 183 Å².